The Morgan fingerprint density at radius 2 is 2.04 bits per heavy atom. The second kappa shape index (κ2) is 12.7. The van der Waals surface area contributed by atoms with Crippen LogP contribution >= 0.6 is 24.0 Å². The third-order valence-electron chi connectivity index (χ3n) is 4.51. The fraction of sp³-hybridized carbons (Fsp3) is 0.579. The van der Waals surface area contributed by atoms with Crippen LogP contribution in [0.15, 0.2) is 23.2 Å². The van der Waals surface area contributed by atoms with Crippen molar-refractivity contribution in [2.45, 2.75) is 26.2 Å². The molecule has 6 nitrogen and oxygen atoms in total. The molecule has 0 saturated carbocycles. The number of ether oxygens (including phenoxy) is 1. The molecule has 1 amide bonds. The zero-order valence-corrected chi connectivity index (χ0v) is 18.7. The molecule has 0 unspecified atom stereocenters. The van der Waals surface area contributed by atoms with E-state index in [1.165, 1.54) is 6.07 Å². The minimum Gasteiger partial charge on any atom is -0.489 e. The van der Waals surface area contributed by atoms with Gasteiger partial charge >= 0.3 is 0 Å². The highest BCUT2D eigenvalue weighted by Crippen LogP contribution is 2.20. The molecule has 0 atom stereocenters. The third-order valence-corrected chi connectivity index (χ3v) is 4.51. The Kier molecular flexibility index (Phi) is 11.1. The maximum atomic E-state index is 13.6. The molecule has 0 aliphatic carbocycles. The largest absolute Gasteiger partial charge is 0.489 e. The maximum absolute atomic E-state index is 13.6. The summed E-state index contributed by atoms with van der Waals surface area (Å²) < 4.78 is 31.8. The van der Waals surface area contributed by atoms with Crippen LogP contribution in [0, 0.1) is 17.6 Å². The van der Waals surface area contributed by atoms with Gasteiger partial charge < -0.3 is 20.3 Å². The average molecular weight is 510 g/mol. The fourth-order valence-electron chi connectivity index (χ4n) is 3.04. The first-order valence-corrected chi connectivity index (χ1v) is 9.35. The molecule has 28 heavy (non-hydrogen) atoms. The van der Waals surface area contributed by atoms with Gasteiger partial charge in [-0.2, -0.15) is 0 Å². The van der Waals surface area contributed by atoms with Gasteiger partial charge in [0.1, 0.15) is 12.4 Å². The average Bonchev–Trinajstić information content (AvgIpc) is 2.66. The van der Waals surface area contributed by atoms with Crippen LogP contribution in [0.5, 0.6) is 5.75 Å². The zero-order chi connectivity index (χ0) is 19.6. The molecule has 0 aromatic heterocycles. The quantitative estimate of drug-likeness (QED) is 0.256. The fourth-order valence-corrected chi connectivity index (χ4v) is 3.04. The molecule has 9 heteroatoms. The summed E-state index contributed by atoms with van der Waals surface area (Å²) in [5, 5.41) is 5.93. The van der Waals surface area contributed by atoms with Gasteiger partial charge in [-0.3, -0.25) is 4.79 Å². The van der Waals surface area contributed by atoms with Crippen LogP contribution in [0.2, 0.25) is 0 Å². The van der Waals surface area contributed by atoms with Crippen molar-refractivity contribution in [3.8, 4) is 5.75 Å². The van der Waals surface area contributed by atoms with Crippen LogP contribution in [0.3, 0.4) is 0 Å². The van der Waals surface area contributed by atoms with Crippen LogP contribution in [-0.4, -0.2) is 56.6 Å². The second-order valence-corrected chi connectivity index (χ2v) is 6.47. The molecule has 1 aromatic carbocycles. The Labute approximate surface area is 182 Å². The molecule has 1 aliphatic heterocycles. The van der Waals surface area contributed by atoms with Crippen LogP contribution in [0.1, 0.15) is 26.2 Å². The van der Waals surface area contributed by atoms with Gasteiger partial charge in [-0.05, 0) is 37.8 Å². The number of hydrogen-bond acceptors (Lipinski definition) is 3. The van der Waals surface area contributed by atoms with E-state index in [1.54, 1.807) is 7.05 Å². The van der Waals surface area contributed by atoms with Crippen molar-refractivity contribution in [1.29, 1.82) is 0 Å². The van der Waals surface area contributed by atoms with Crippen LogP contribution in [0.25, 0.3) is 0 Å². The molecule has 1 heterocycles. The van der Waals surface area contributed by atoms with E-state index in [0.29, 0.717) is 18.9 Å². The number of nitrogens with one attached hydrogen (secondary N) is 2. The summed E-state index contributed by atoms with van der Waals surface area (Å²) in [6, 6.07) is 3.23. The number of hydrogen-bond donors (Lipinski definition) is 2. The highest BCUT2D eigenvalue weighted by Gasteiger charge is 2.23. The molecule has 158 valence electrons. The Morgan fingerprint density at radius 3 is 2.64 bits per heavy atom. The highest BCUT2D eigenvalue weighted by molar-refractivity contribution is 14.0. The van der Waals surface area contributed by atoms with E-state index in [9.17, 15) is 13.6 Å². The maximum Gasteiger partial charge on any atom is 0.220 e. The number of benzene rings is 1. The summed E-state index contributed by atoms with van der Waals surface area (Å²) in [6.45, 7) is 4.96. The predicted octanol–water partition coefficient (Wildman–Crippen LogP) is 2.78. The lowest BCUT2D eigenvalue weighted by molar-refractivity contribution is -0.121. The summed E-state index contributed by atoms with van der Waals surface area (Å²) in [4.78, 5) is 18.2. The minimum atomic E-state index is -0.718. The van der Waals surface area contributed by atoms with E-state index in [0.717, 1.165) is 50.6 Å². The van der Waals surface area contributed by atoms with Gasteiger partial charge in [0.25, 0.3) is 0 Å². The number of rotatable bonds is 7. The number of halogens is 3. The van der Waals surface area contributed by atoms with Crippen molar-refractivity contribution in [3.63, 3.8) is 0 Å². The van der Waals surface area contributed by atoms with Gasteiger partial charge in [0.05, 0.1) is 6.54 Å². The smallest absolute Gasteiger partial charge is 0.220 e. The molecule has 2 N–H and O–H groups in total. The molecule has 1 fully saturated rings. The first-order chi connectivity index (χ1) is 13.0. The van der Waals surface area contributed by atoms with Crippen molar-refractivity contribution in [1.82, 2.24) is 15.5 Å². The molecule has 2 rings (SSSR count). The predicted molar refractivity (Wildman–Crippen MR) is 116 cm³/mol. The number of piperidine rings is 1. The third kappa shape index (κ3) is 7.76. The number of amides is 1. The number of likely N-dealkylation sites (tertiary alicyclic amines) is 1. The van der Waals surface area contributed by atoms with Crippen molar-refractivity contribution >= 4 is 35.8 Å². The first kappa shape index (κ1) is 24.4. The second-order valence-electron chi connectivity index (χ2n) is 6.47. The lowest BCUT2D eigenvalue weighted by Crippen LogP contribution is -2.46. The lowest BCUT2D eigenvalue weighted by atomic mass is 9.93. The number of aliphatic imine (C=N–C) groups is 1. The van der Waals surface area contributed by atoms with Crippen molar-refractivity contribution in [2.24, 2.45) is 10.9 Å². The molecular weight excluding hydrogens is 481 g/mol. The SMILES string of the molecule is CCNC(=NCCOc1ccc(F)cc1F)N1CCC(CC(=O)NC)CC1.I. The van der Waals surface area contributed by atoms with Crippen molar-refractivity contribution < 1.29 is 18.3 Å². The standard InChI is InChI=1S/C19H28F2N4O2.HI/c1-3-23-19(25-9-6-14(7-10-25)12-18(26)22-2)24-8-11-27-17-5-4-15(20)13-16(17)21;/h4-5,13-14H,3,6-12H2,1-2H3,(H,22,26)(H,23,24);1H. The van der Waals surface area contributed by atoms with E-state index in [1.807, 2.05) is 6.92 Å². The molecule has 0 spiro atoms. The Bertz CT molecular complexity index is 653. The van der Waals surface area contributed by atoms with E-state index in [-0.39, 0.29) is 42.2 Å². The van der Waals surface area contributed by atoms with Gasteiger partial charge in [0.15, 0.2) is 17.5 Å². The normalized spacial score (nSPS) is 15.0. The Hall–Kier alpha value is -1.65. The molecule has 0 radical (unpaired) electrons. The summed E-state index contributed by atoms with van der Waals surface area (Å²) in [5.74, 6) is -0.0602. The summed E-state index contributed by atoms with van der Waals surface area (Å²) in [7, 11) is 1.66. The van der Waals surface area contributed by atoms with Gasteiger partial charge in [-0.15, -0.1) is 24.0 Å². The van der Waals surface area contributed by atoms with E-state index < -0.39 is 11.6 Å². The number of carbonyl (C=O) groups is 1. The van der Waals surface area contributed by atoms with Crippen LogP contribution in [0.4, 0.5) is 8.78 Å². The monoisotopic (exact) mass is 510 g/mol. The summed E-state index contributed by atoms with van der Waals surface area (Å²) >= 11 is 0. The van der Waals surface area contributed by atoms with E-state index in [4.69, 9.17) is 4.74 Å². The van der Waals surface area contributed by atoms with Gasteiger partial charge in [0, 0.05) is 39.2 Å². The molecule has 1 aromatic rings. The summed E-state index contributed by atoms with van der Waals surface area (Å²) in [5.41, 5.74) is 0. The number of guanidine groups is 1. The van der Waals surface area contributed by atoms with Crippen LogP contribution < -0.4 is 15.4 Å². The van der Waals surface area contributed by atoms with Gasteiger partial charge in [-0.25, -0.2) is 13.8 Å². The minimum absolute atomic E-state index is 0. The van der Waals surface area contributed by atoms with Crippen molar-refractivity contribution in [2.75, 3.05) is 39.8 Å². The Balaban J connectivity index is 0.00000392. The Morgan fingerprint density at radius 1 is 1.32 bits per heavy atom. The van der Waals surface area contributed by atoms with Gasteiger partial charge in [0.2, 0.25) is 5.91 Å². The lowest BCUT2D eigenvalue weighted by Gasteiger charge is -2.34. The van der Waals surface area contributed by atoms with E-state index >= 15 is 0 Å². The van der Waals surface area contributed by atoms with Crippen LogP contribution in [-0.2, 0) is 4.79 Å². The van der Waals surface area contributed by atoms with E-state index in [2.05, 4.69) is 20.5 Å². The number of nitrogens with zero attached hydrogens (tertiary/aromatic N) is 2. The molecule has 0 bridgehead atoms. The van der Waals surface area contributed by atoms with Crippen molar-refractivity contribution in [3.05, 3.63) is 29.8 Å². The number of carbonyl (C=O) groups excluding carboxylic acids is 1. The summed E-state index contributed by atoms with van der Waals surface area (Å²) in [6.07, 6.45) is 2.44. The first-order valence-electron chi connectivity index (χ1n) is 9.35. The highest BCUT2D eigenvalue weighted by atomic mass is 127. The molecule has 1 saturated heterocycles. The topological polar surface area (TPSA) is 66.0 Å². The molecule has 1 aliphatic rings. The molecular formula is C19H29F2IN4O2. The van der Waals surface area contributed by atoms with Gasteiger partial charge in [-0.1, -0.05) is 0 Å². The zero-order valence-electron chi connectivity index (χ0n) is 16.3.